The summed E-state index contributed by atoms with van der Waals surface area (Å²) in [5.41, 5.74) is 3.09. The largest absolute Gasteiger partial charge is 0.387 e. The van der Waals surface area contributed by atoms with Crippen molar-refractivity contribution in [3.8, 4) is 0 Å². The molecule has 0 unspecified atom stereocenters. The molecular weight excluding hydrogens is 392 g/mol. The molecule has 1 aliphatic rings. The zero-order valence-electron chi connectivity index (χ0n) is 17.4. The van der Waals surface area contributed by atoms with E-state index >= 15 is 0 Å². The van der Waals surface area contributed by atoms with Gasteiger partial charge in [0.25, 0.3) is 0 Å². The van der Waals surface area contributed by atoms with Gasteiger partial charge in [-0.15, -0.1) is 0 Å². The third-order valence-corrected chi connectivity index (χ3v) is 5.26. The van der Waals surface area contributed by atoms with Crippen molar-refractivity contribution in [2.24, 2.45) is 0 Å². The molecule has 0 saturated carbocycles. The monoisotopic (exact) mass is 420 g/mol. The van der Waals surface area contributed by atoms with Crippen LogP contribution in [0.1, 0.15) is 16.7 Å². The normalized spacial score (nSPS) is 23.5. The molecule has 5 nitrogen and oxygen atoms in total. The second-order valence-corrected chi connectivity index (χ2v) is 7.59. The minimum Gasteiger partial charge on any atom is -0.387 e. The van der Waals surface area contributed by atoms with Crippen molar-refractivity contribution in [3.63, 3.8) is 0 Å². The van der Waals surface area contributed by atoms with Crippen LogP contribution in [0.3, 0.4) is 0 Å². The second kappa shape index (κ2) is 11.2. The molecule has 0 bridgehead atoms. The standard InChI is InChI=1S/C26H28O5/c27-24-23(28-16-20-10-4-1-5-11-20)19-31-26(30-18-22-14-8-3-9-15-22)25(24)29-17-21-12-6-2-7-13-21/h1-15,23-27H,16-19H2/t23-,24+,25-,26-/m1/s1. The Morgan fingerprint density at radius 3 is 1.61 bits per heavy atom. The van der Waals surface area contributed by atoms with E-state index < -0.39 is 24.6 Å². The summed E-state index contributed by atoms with van der Waals surface area (Å²) in [5.74, 6) is 0. The van der Waals surface area contributed by atoms with Gasteiger partial charge in [-0.3, -0.25) is 0 Å². The molecule has 5 heteroatoms. The lowest BCUT2D eigenvalue weighted by atomic mass is 10.0. The summed E-state index contributed by atoms with van der Waals surface area (Å²) in [5, 5.41) is 11.0. The Balaban J connectivity index is 1.40. The minimum atomic E-state index is -0.873. The van der Waals surface area contributed by atoms with Crippen LogP contribution in [0.15, 0.2) is 91.0 Å². The number of ether oxygens (including phenoxy) is 4. The first-order valence-electron chi connectivity index (χ1n) is 10.6. The maximum absolute atomic E-state index is 11.0. The van der Waals surface area contributed by atoms with Crippen LogP contribution in [-0.4, -0.2) is 36.3 Å². The van der Waals surface area contributed by atoms with Gasteiger partial charge in [0.1, 0.15) is 18.3 Å². The highest BCUT2D eigenvalue weighted by molar-refractivity contribution is 5.15. The number of hydrogen-bond acceptors (Lipinski definition) is 5. The molecule has 3 aromatic carbocycles. The predicted octanol–water partition coefficient (Wildman–Crippen LogP) is 4.09. The number of benzene rings is 3. The lowest BCUT2D eigenvalue weighted by Gasteiger charge is -2.39. The van der Waals surface area contributed by atoms with Crippen LogP contribution >= 0.6 is 0 Å². The van der Waals surface area contributed by atoms with E-state index in [4.69, 9.17) is 18.9 Å². The van der Waals surface area contributed by atoms with Crippen LogP contribution in [0.4, 0.5) is 0 Å². The smallest absolute Gasteiger partial charge is 0.186 e. The van der Waals surface area contributed by atoms with Gasteiger partial charge in [0.2, 0.25) is 0 Å². The van der Waals surface area contributed by atoms with Gasteiger partial charge in [-0.2, -0.15) is 0 Å². The first-order chi connectivity index (χ1) is 15.3. The van der Waals surface area contributed by atoms with E-state index in [9.17, 15) is 5.11 Å². The van der Waals surface area contributed by atoms with Crippen molar-refractivity contribution in [2.45, 2.75) is 44.4 Å². The Labute approximate surface area is 183 Å². The molecule has 0 radical (unpaired) electrons. The van der Waals surface area contributed by atoms with E-state index in [1.54, 1.807) is 0 Å². The predicted molar refractivity (Wildman–Crippen MR) is 117 cm³/mol. The van der Waals surface area contributed by atoms with E-state index in [1.165, 1.54) is 0 Å². The molecule has 0 aromatic heterocycles. The van der Waals surface area contributed by atoms with Crippen molar-refractivity contribution < 1.29 is 24.1 Å². The topological polar surface area (TPSA) is 57.2 Å². The molecular formula is C26H28O5. The van der Waals surface area contributed by atoms with Gasteiger partial charge in [-0.25, -0.2) is 0 Å². The molecule has 0 aliphatic carbocycles. The zero-order chi connectivity index (χ0) is 21.3. The quantitative estimate of drug-likeness (QED) is 0.565. The van der Waals surface area contributed by atoms with Crippen LogP contribution in [-0.2, 0) is 38.8 Å². The average molecular weight is 421 g/mol. The van der Waals surface area contributed by atoms with E-state index in [2.05, 4.69) is 0 Å². The van der Waals surface area contributed by atoms with E-state index in [-0.39, 0.29) is 6.61 Å². The molecule has 1 aliphatic heterocycles. The summed E-state index contributed by atoms with van der Waals surface area (Å²) >= 11 is 0. The maximum atomic E-state index is 11.0. The summed E-state index contributed by atoms with van der Waals surface area (Å²) in [7, 11) is 0. The van der Waals surface area contributed by atoms with Gasteiger partial charge in [-0.05, 0) is 16.7 Å². The maximum Gasteiger partial charge on any atom is 0.186 e. The molecule has 1 fully saturated rings. The van der Waals surface area contributed by atoms with Gasteiger partial charge in [-0.1, -0.05) is 91.0 Å². The van der Waals surface area contributed by atoms with E-state index in [0.29, 0.717) is 19.8 Å². The van der Waals surface area contributed by atoms with Crippen LogP contribution in [0.5, 0.6) is 0 Å². The Hall–Kier alpha value is -2.54. The second-order valence-electron chi connectivity index (χ2n) is 7.59. The third kappa shape index (κ3) is 6.23. The fourth-order valence-electron chi connectivity index (χ4n) is 3.52. The van der Waals surface area contributed by atoms with Gasteiger partial charge in [0.05, 0.1) is 26.4 Å². The van der Waals surface area contributed by atoms with E-state index in [1.807, 2.05) is 91.0 Å². The van der Waals surface area contributed by atoms with Crippen molar-refractivity contribution in [2.75, 3.05) is 6.61 Å². The molecule has 3 aromatic rings. The summed E-state index contributed by atoms with van der Waals surface area (Å²) < 4.78 is 24.0. The van der Waals surface area contributed by atoms with Crippen LogP contribution in [0.2, 0.25) is 0 Å². The lowest BCUT2D eigenvalue weighted by Crippen LogP contribution is -2.55. The summed E-state index contributed by atoms with van der Waals surface area (Å²) in [6.45, 7) is 1.35. The summed E-state index contributed by atoms with van der Waals surface area (Å²) in [4.78, 5) is 0. The number of rotatable bonds is 9. The zero-order valence-corrected chi connectivity index (χ0v) is 17.4. The molecule has 0 spiro atoms. The van der Waals surface area contributed by atoms with Gasteiger partial charge in [0.15, 0.2) is 6.29 Å². The first-order valence-corrected chi connectivity index (χ1v) is 10.6. The third-order valence-electron chi connectivity index (χ3n) is 5.26. The molecule has 4 rings (SSSR count). The molecule has 1 saturated heterocycles. The van der Waals surface area contributed by atoms with Crippen molar-refractivity contribution in [3.05, 3.63) is 108 Å². The highest BCUT2D eigenvalue weighted by atomic mass is 16.7. The highest BCUT2D eigenvalue weighted by Gasteiger charge is 2.41. The Bertz CT molecular complexity index is 887. The molecule has 0 amide bonds. The summed E-state index contributed by atoms with van der Waals surface area (Å²) in [6.07, 6.45) is -2.73. The van der Waals surface area contributed by atoms with Gasteiger partial charge >= 0.3 is 0 Å². The van der Waals surface area contributed by atoms with Gasteiger partial charge < -0.3 is 24.1 Å². The molecule has 31 heavy (non-hydrogen) atoms. The number of hydrogen-bond donors (Lipinski definition) is 1. The Morgan fingerprint density at radius 1 is 0.645 bits per heavy atom. The first kappa shape index (κ1) is 21.7. The lowest BCUT2D eigenvalue weighted by molar-refractivity contribution is -0.293. The Morgan fingerprint density at radius 2 is 1.10 bits per heavy atom. The number of aliphatic hydroxyl groups is 1. The molecule has 1 N–H and O–H groups in total. The SMILES string of the molecule is O[C@@H]1[C@@H](OCc2ccccc2)[C@H](OCc2ccccc2)OC[C@H]1OCc1ccccc1. The van der Waals surface area contributed by atoms with Crippen LogP contribution < -0.4 is 0 Å². The van der Waals surface area contributed by atoms with Gasteiger partial charge in [0, 0.05) is 0 Å². The van der Waals surface area contributed by atoms with E-state index in [0.717, 1.165) is 16.7 Å². The minimum absolute atomic E-state index is 0.235. The average Bonchev–Trinajstić information content (AvgIpc) is 2.83. The highest BCUT2D eigenvalue weighted by Crippen LogP contribution is 2.24. The van der Waals surface area contributed by atoms with Crippen molar-refractivity contribution >= 4 is 0 Å². The van der Waals surface area contributed by atoms with Crippen LogP contribution in [0.25, 0.3) is 0 Å². The molecule has 162 valence electrons. The number of aliphatic hydroxyl groups excluding tert-OH is 1. The van der Waals surface area contributed by atoms with Crippen LogP contribution in [0, 0.1) is 0 Å². The fraction of sp³-hybridized carbons (Fsp3) is 0.308. The summed E-state index contributed by atoms with van der Waals surface area (Å²) in [6, 6.07) is 29.6. The Kier molecular flexibility index (Phi) is 7.82. The fourth-order valence-corrected chi connectivity index (χ4v) is 3.52. The molecule has 4 atom stereocenters. The van der Waals surface area contributed by atoms with Crippen molar-refractivity contribution in [1.29, 1.82) is 0 Å². The van der Waals surface area contributed by atoms with Crippen molar-refractivity contribution in [1.82, 2.24) is 0 Å². The molecule has 1 heterocycles.